The number of rotatable bonds is 4. The second-order valence-corrected chi connectivity index (χ2v) is 6.62. The van der Waals surface area contributed by atoms with Gasteiger partial charge in [0.15, 0.2) is 0 Å². The Morgan fingerprint density at radius 1 is 1.43 bits per heavy atom. The van der Waals surface area contributed by atoms with Crippen molar-refractivity contribution < 1.29 is 14.7 Å². The Kier molecular flexibility index (Phi) is 4.76. The third-order valence-corrected chi connectivity index (χ3v) is 4.89. The van der Waals surface area contributed by atoms with E-state index < -0.39 is 5.97 Å². The molecule has 0 saturated heterocycles. The highest BCUT2D eigenvalue weighted by molar-refractivity contribution is 7.17. The minimum absolute atomic E-state index is 0.0587. The van der Waals surface area contributed by atoms with E-state index in [0.29, 0.717) is 15.0 Å². The molecule has 21 heavy (non-hydrogen) atoms. The maximum Gasteiger partial charge on any atom is 0.340 e. The van der Waals surface area contributed by atoms with Crippen LogP contribution in [0.4, 0.5) is 5.00 Å². The second kappa shape index (κ2) is 6.38. The van der Waals surface area contributed by atoms with E-state index >= 15 is 0 Å². The second-order valence-electron chi connectivity index (χ2n) is 4.13. The Hall–Kier alpha value is -1.70. The Labute approximate surface area is 134 Å². The molecule has 8 heteroatoms. The predicted molar refractivity (Wildman–Crippen MR) is 85.6 cm³/mol. The molecule has 2 heterocycles. The van der Waals surface area contributed by atoms with Crippen LogP contribution in [-0.4, -0.2) is 28.4 Å². The van der Waals surface area contributed by atoms with Crippen LogP contribution in [0.1, 0.15) is 20.9 Å². The maximum atomic E-state index is 12.1. The van der Waals surface area contributed by atoms with Crippen LogP contribution < -0.4 is 4.90 Å². The van der Waals surface area contributed by atoms with Crippen LogP contribution >= 0.6 is 34.5 Å². The van der Waals surface area contributed by atoms with Gasteiger partial charge < -0.3 is 10.0 Å². The Bertz CT molecular complexity index is 721. The Morgan fingerprint density at radius 2 is 2.14 bits per heavy atom. The minimum Gasteiger partial charge on any atom is -0.478 e. The summed E-state index contributed by atoms with van der Waals surface area (Å²) in [6.45, 7) is 1.60. The van der Waals surface area contributed by atoms with E-state index in [1.807, 2.05) is 0 Å². The van der Waals surface area contributed by atoms with E-state index in [4.69, 9.17) is 11.6 Å². The number of halogens is 1. The molecule has 0 saturated carbocycles. The van der Waals surface area contributed by atoms with Gasteiger partial charge in [0.05, 0.1) is 10.0 Å². The maximum absolute atomic E-state index is 12.1. The van der Waals surface area contributed by atoms with Crippen molar-refractivity contribution in [2.24, 2.45) is 0 Å². The van der Waals surface area contributed by atoms with Crippen molar-refractivity contribution in [2.45, 2.75) is 6.92 Å². The molecule has 5 nitrogen and oxygen atoms in total. The lowest BCUT2D eigenvalue weighted by Gasteiger charge is -2.13. The predicted octanol–water partition coefficient (Wildman–Crippen LogP) is 3.54. The van der Waals surface area contributed by atoms with Crippen LogP contribution in [0.15, 0.2) is 18.2 Å². The van der Waals surface area contributed by atoms with E-state index in [2.05, 4.69) is 4.37 Å². The molecule has 0 aliphatic heterocycles. The lowest BCUT2D eigenvalue weighted by molar-refractivity contribution is -0.113. The molecule has 0 spiro atoms. The largest absolute Gasteiger partial charge is 0.478 e. The number of carbonyl (C=O) groups is 2. The van der Waals surface area contributed by atoms with Gasteiger partial charge in [-0.05, 0) is 36.7 Å². The fraction of sp³-hybridized carbons (Fsp3) is 0.154. The molecule has 0 atom stereocenters. The number of aromatic nitrogens is 1. The minimum atomic E-state index is -1.09. The topological polar surface area (TPSA) is 70.5 Å². The molecule has 0 aliphatic rings. The van der Waals surface area contributed by atoms with E-state index in [-0.39, 0.29) is 11.5 Å². The van der Waals surface area contributed by atoms with Crippen molar-refractivity contribution in [3.63, 3.8) is 0 Å². The summed E-state index contributed by atoms with van der Waals surface area (Å²) in [5.41, 5.74) is 0.458. The lowest BCUT2D eigenvalue weighted by Crippen LogP contribution is -2.24. The van der Waals surface area contributed by atoms with Gasteiger partial charge in [-0.1, -0.05) is 11.6 Å². The van der Waals surface area contributed by atoms with Gasteiger partial charge in [0, 0.05) is 18.0 Å². The number of likely N-dealkylation sites (N-methyl/N-ethyl adjacent to an activating group) is 1. The fourth-order valence-corrected chi connectivity index (χ4v) is 3.43. The number of carboxylic acid groups (broad SMARTS) is 1. The number of aryl methyl sites for hydroxylation is 1. The van der Waals surface area contributed by atoms with Crippen LogP contribution in [0.25, 0.3) is 6.08 Å². The summed E-state index contributed by atoms with van der Waals surface area (Å²) in [7, 11) is 1.52. The van der Waals surface area contributed by atoms with Gasteiger partial charge in [-0.15, -0.1) is 11.3 Å². The zero-order chi connectivity index (χ0) is 15.6. The molecule has 1 amide bonds. The molecule has 2 aromatic heterocycles. The molecular weight excluding hydrogens is 332 g/mol. The van der Waals surface area contributed by atoms with E-state index in [1.165, 1.54) is 29.4 Å². The van der Waals surface area contributed by atoms with Crippen molar-refractivity contribution >= 4 is 57.4 Å². The molecule has 0 bridgehead atoms. The normalized spacial score (nSPS) is 11.0. The third-order valence-electron chi connectivity index (χ3n) is 2.68. The highest BCUT2D eigenvalue weighted by Crippen LogP contribution is 2.28. The number of amides is 1. The van der Waals surface area contributed by atoms with E-state index in [9.17, 15) is 14.7 Å². The fourth-order valence-electron chi connectivity index (χ4n) is 1.62. The molecule has 2 aromatic rings. The summed E-state index contributed by atoms with van der Waals surface area (Å²) in [4.78, 5) is 25.4. The zero-order valence-electron chi connectivity index (χ0n) is 11.2. The summed E-state index contributed by atoms with van der Waals surface area (Å²) in [5.74, 6) is -1.42. The smallest absolute Gasteiger partial charge is 0.340 e. The molecule has 110 valence electrons. The number of hydrogen-bond acceptors (Lipinski definition) is 5. The molecule has 0 radical (unpaired) electrons. The van der Waals surface area contributed by atoms with Gasteiger partial charge in [0.2, 0.25) is 0 Å². The first-order valence-corrected chi connectivity index (χ1v) is 7.77. The van der Waals surface area contributed by atoms with Crippen molar-refractivity contribution in [2.75, 3.05) is 11.9 Å². The summed E-state index contributed by atoms with van der Waals surface area (Å²) in [5, 5.41) is 9.49. The molecule has 2 rings (SSSR count). The number of anilines is 1. The van der Waals surface area contributed by atoms with Crippen molar-refractivity contribution in [1.29, 1.82) is 0 Å². The van der Waals surface area contributed by atoms with E-state index in [1.54, 1.807) is 25.1 Å². The molecule has 0 aromatic carbocycles. The highest BCUT2D eigenvalue weighted by atomic mass is 35.5. The van der Waals surface area contributed by atoms with Crippen molar-refractivity contribution in [3.05, 3.63) is 38.7 Å². The van der Waals surface area contributed by atoms with Gasteiger partial charge in [0.1, 0.15) is 10.6 Å². The number of hydrogen-bond donors (Lipinski definition) is 1. The first-order chi connectivity index (χ1) is 9.90. The third kappa shape index (κ3) is 3.49. The molecule has 0 unspecified atom stereocenters. The Morgan fingerprint density at radius 3 is 2.71 bits per heavy atom. The molecule has 1 N–H and O–H groups in total. The number of nitrogens with zero attached hydrogens (tertiary/aromatic N) is 2. The summed E-state index contributed by atoms with van der Waals surface area (Å²) in [6, 6.07) is 3.55. The van der Waals surface area contributed by atoms with Crippen LogP contribution in [0.5, 0.6) is 0 Å². The quantitative estimate of drug-likeness (QED) is 0.863. The molecule has 0 fully saturated rings. The average molecular weight is 343 g/mol. The molecule has 0 aliphatic carbocycles. The van der Waals surface area contributed by atoms with Gasteiger partial charge >= 0.3 is 5.97 Å². The van der Waals surface area contributed by atoms with Gasteiger partial charge in [-0.3, -0.25) is 4.79 Å². The number of carboxylic acids is 1. The summed E-state index contributed by atoms with van der Waals surface area (Å²) < 4.78 is 4.63. The number of thiophene rings is 1. The average Bonchev–Trinajstić information content (AvgIpc) is 3.01. The van der Waals surface area contributed by atoms with Crippen LogP contribution in [0, 0.1) is 6.92 Å². The first kappa shape index (κ1) is 15.7. The zero-order valence-corrected chi connectivity index (χ0v) is 13.6. The SMILES string of the molecule is Cc1nsc(N(C)C(=O)C=Cc2ccc(Cl)s2)c1C(=O)O. The van der Waals surface area contributed by atoms with Crippen molar-refractivity contribution in [3.8, 4) is 0 Å². The van der Waals surface area contributed by atoms with Crippen LogP contribution in [0.3, 0.4) is 0 Å². The van der Waals surface area contributed by atoms with Gasteiger partial charge in [-0.2, -0.15) is 4.37 Å². The number of carbonyl (C=O) groups excluding carboxylic acids is 1. The highest BCUT2D eigenvalue weighted by Gasteiger charge is 2.22. The van der Waals surface area contributed by atoms with Gasteiger partial charge in [0.25, 0.3) is 5.91 Å². The van der Waals surface area contributed by atoms with E-state index in [0.717, 1.165) is 16.4 Å². The van der Waals surface area contributed by atoms with Gasteiger partial charge in [-0.25, -0.2) is 4.79 Å². The van der Waals surface area contributed by atoms with Crippen LogP contribution in [0.2, 0.25) is 4.34 Å². The van der Waals surface area contributed by atoms with Crippen molar-refractivity contribution in [1.82, 2.24) is 4.37 Å². The lowest BCUT2D eigenvalue weighted by atomic mass is 10.2. The standard InChI is InChI=1S/C13H11ClN2O3S2/c1-7-11(13(18)19)12(21-15-7)16(2)10(17)6-4-8-3-5-9(14)20-8/h3-6H,1-2H3,(H,18,19). The monoisotopic (exact) mass is 342 g/mol. The van der Waals surface area contributed by atoms with Crippen LogP contribution in [-0.2, 0) is 4.79 Å². The first-order valence-electron chi connectivity index (χ1n) is 5.81. The summed E-state index contributed by atoms with van der Waals surface area (Å²) >= 11 is 8.15. The molecular formula is C13H11ClN2O3S2. The summed E-state index contributed by atoms with van der Waals surface area (Å²) in [6.07, 6.45) is 3.02. The Balaban J connectivity index is 2.20. The number of aromatic carboxylic acids is 1.